The van der Waals surface area contributed by atoms with Gasteiger partial charge in [-0.3, -0.25) is 0 Å². The summed E-state index contributed by atoms with van der Waals surface area (Å²) in [6, 6.07) is 21.2. The highest BCUT2D eigenvalue weighted by atomic mass is 14.0. The molecule has 0 amide bonds. The lowest BCUT2D eigenvalue weighted by Crippen LogP contribution is -1.79. The van der Waals surface area contributed by atoms with Gasteiger partial charge in [0, 0.05) is 0 Å². The molecule has 0 aromatic heterocycles. The zero-order valence-electron chi connectivity index (χ0n) is 10.8. The van der Waals surface area contributed by atoms with Gasteiger partial charge in [-0.1, -0.05) is 66.2 Å². The topological polar surface area (TPSA) is 0 Å². The number of benzene rings is 3. The molecule has 0 aliphatic heterocycles. The first kappa shape index (κ1) is 9.00. The van der Waals surface area contributed by atoms with Gasteiger partial charge < -0.3 is 0 Å². The quantitative estimate of drug-likeness (QED) is 0.551. The third kappa shape index (κ3) is 1.94. The molecular formula is C17H14. The van der Waals surface area contributed by atoms with Crippen molar-refractivity contribution >= 4 is 10.8 Å². The molecule has 0 saturated carbocycles. The summed E-state index contributed by atoms with van der Waals surface area (Å²) in [5.74, 6) is 0. The number of hydrogen-bond acceptors (Lipinski definition) is 0. The molecule has 0 saturated heterocycles. The lowest BCUT2D eigenvalue weighted by molar-refractivity contribution is 1.50. The van der Waals surface area contributed by atoms with Gasteiger partial charge in [0.05, 0.1) is 1.37 Å². The first-order valence-electron chi connectivity index (χ1n) is 6.30. The normalized spacial score (nSPS) is 11.5. The summed E-state index contributed by atoms with van der Waals surface area (Å²) < 4.78 is 7.51. The smallest absolute Gasteiger partial charge is 0.0622 e. The highest BCUT2D eigenvalue weighted by Crippen LogP contribution is 2.24. The summed E-state index contributed by atoms with van der Waals surface area (Å²) in [6.07, 6.45) is 0. The van der Waals surface area contributed by atoms with E-state index in [2.05, 4.69) is 43.3 Å². The van der Waals surface area contributed by atoms with Gasteiger partial charge in [0.15, 0.2) is 0 Å². The van der Waals surface area contributed by atoms with Gasteiger partial charge in [0.1, 0.15) is 0 Å². The maximum absolute atomic E-state index is 7.51. The van der Waals surface area contributed by atoms with E-state index in [4.69, 9.17) is 1.37 Å². The molecule has 0 aliphatic rings. The largest absolute Gasteiger partial charge is 0.0623 e. The van der Waals surface area contributed by atoms with Crippen molar-refractivity contribution in [3.05, 3.63) is 72.3 Å². The molecule has 0 unspecified atom stereocenters. The average molecular weight is 220 g/mol. The Balaban J connectivity index is 2.13. The number of aryl methyl sites for hydroxylation is 1. The van der Waals surface area contributed by atoms with Crippen molar-refractivity contribution in [2.24, 2.45) is 0 Å². The van der Waals surface area contributed by atoms with Crippen LogP contribution in [-0.2, 0) is 0 Å². The lowest BCUT2D eigenvalue weighted by atomic mass is 10.0. The average Bonchev–Trinajstić information content (AvgIpc) is 2.39. The van der Waals surface area contributed by atoms with Gasteiger partial charge >= 0.3 is 0 Å². The second-order valence-electron chi connectivity index (χ2n) is 4.35. The molecule has 3 aromatic carbocycles. The molecule has 0 bridgehead atoms. The second kappa shape index (κ2) is 4.06. The van der Waals surface area contributed by atoms with E-state index in [1.807, 2.05) is 24.3 Å². The van der Waals surface area contributed by atoms with Crippen molar-refractivity contribution in [3.8, 4) is 11.1 Å². The number of fused-ring (bicyclic) bond motifs is 1. The Morgan fingerprint density at radius 3 is 2.29 bits per heavy atom. The second-order valence-corrected chi connectivity index (χ2v) is 4.35. The minimum absolute atomic E-state index is 0.551. The first-order valence-corrected chi connectivity index (χ1v) is 5.80. The summed E-state index contributed by atoms with van der Waals surface area (Å²) in [5, 5.41) is 2.53. The number of hydrogen-bond donors (Lipinski definition) is 0. The predicted molar refractivity (Wildman–Crippen MR) is 74.1 cm³/mol. The molecule has 17 heavy (non-hydrogen) atoms. The van der Waals surface area contributed by atoms with Crippen LogP contribution in [0.3, 0.4) is 0 Å². The lowest BCUT2D eigenvalue weighted by Gasteiger charge is -2.04. The molecule has 3 aromatic rings. The van der Waals surface area contributed by atoms with E-state index in [1.165, 1.54) is 21.9 Å². The van der Waals surface area contributed by atoms with Crippen LogP contribution >= 0.6 is 0 Å². The third-order valence-electron chi connectivity index (χ3n) is 3.05. The number of rotatable bonds is 1. The van der Waals surface area contributed by atoms with Gasteiger partial charge in [-0.25, -0.2) is 0 Å². The molecule has 0 N–H and O–H groups in total. The highest BCUT2D eigenvalue weighted by molar-refractivity contribution is 5.87. The summed E-state index contributed by atoms with van der Waals surface area (Å²) in [6.45, 7) is 2.11. The summed E-state index contributed by atoms with van der Waals surface area (Å²) in [4.78, 5) is 0. The first-order chi connectivity index (χ1) is 8.72. The fourth-order valence-corrected chi connectivity index (χ4v) is 2.12. The molecule has 0 radical (unpaired) electrons. The maximum Gasteiger partial charge on any atom is 0.0623 e. The van der Waals surface area contributed by atoms with Crippen LogP contribution in [0.5, 0.6) is 0 Å². The predicted octanol–water partition coefficient (Wildman–Crippen LogP) is 4.82. The van der Waals surface area contributed by atoms with Crippen LogP contribution in [0.2, 0.25) is 0 Å². The van der Waals surface area contributed by atoms with Crippen molar-refractivity contribution in [2.75, 3.05) is 0 Å². The molecule has 3 rings (SSSR count). The van der Waals surface area contributed by atoms with Crippen molar-refractivity contribution in [2.45, 2.75) is 6.92 Å². The molecule has 0 aliphatic carbocycles. The summed E-state index contributed by atoms with van der Waals surface area (Å²) >= 11 is 0. The summed E-state index contributed by atoms with van der Waals surface area (Å²) in [7, 11) is 0. The van der Waals surface area contributed by atoms with Crippen LogP contribution in [0.25, 0.3) is 21.9 Å². The van der Waals surface area contributed by atoms with E-state index < -0.39 is 0 Å². The SMILES string of the molecule is [3H]c1ccc(-c2ccc3cc(C)ccc3c2)cc1. The molecule has 0 atom stereocenters. The Labute approximate surface area is 103 Å². The maximum atomic E-state index is 7.51. The molecule has 0 spiro atoms. The van der Waals surface area contributed by atoms with E-state index in [0.29, 0.717) is 6.04 Å². The van der Waals surface area contributed by atoms with Gasteiger partial charge in [-0.05, 0) is 34.9 Å². The van der Waals surface area contributed by atoms with E-state index >= 15 is 0 Å². The Bertz CT molecular complexity index is 696. The molecule has 0 fully saturated rings. The van der Waals surface area contributed by atoms with Crippen LogP contribution in [-0.4, -0.2) is 0 Å². The van der Waals surface area contributed by atoms with Crippen molar-refractivity contribution in [3.63, 3.8) is 0 Å². The van der Waals surface area contributed by atoms with Crippen molar-refractivity contribution < 1.29 is 1.37 Å². The molecule has 82 valence electrons. The van der Waals surface area contributed by atoms with Crippen LogP contribution in [0.4, 0.5) is 0 Å². The van der Waals surface area contributed by atoms with Crippen LogP contribution in [0.1, 0.15) is 6.93 Å². The van der Waals surface area contributed by atoms with Crippen LogP contribution in [0.15, 0.2) is 66.7 Å². The fourth-order valence-electron chi connectivity index (χ4n) is 2.12. The Hall–Kier alpha value is -2.08. The van der Waals surface area contributed by atoms with Gasteiger partial charge in [0.25, 0.3) is 0 Å². The molecule has 0 nitrogen and oxygen atoms in total. The standard InChI is InChI=1S/C17H14/c1-13-7-8-17-12-16(10-9-15(17)11-13)14-5-3-2-4-6-14/h2-12H,1H3/i2T. The fraction of sp³-hybridized carbons (Fsp3) is 0.0588. The van der Waals surface area contributed by atoms with Crippen molar-refractivity contribution in [1.29, 1.82) is 0 Å². The van der Waals surface area contributed by atoms with Crippen LogP contribution < -0.4 is 0 Å². The molecular weight excluding hydrogens is 204 g/mol. The Morgan fingerprint density at radius 1 is 0.765 bits per heavy atom. The van der Waals surface area contributed by atoms with Gasteiger partial charge in [-0.2, -0.15) is 0 Å². The zero-order chi connectivity index (χ0) is 12.5. The zero-order valence-corrected chi connectivity index (χ0v) is 9.77. The van der Waals surface area contributed by atoms with E-state index in [9.17, 15) is 0 Å². The van der Waals surface area contributed by atoms with Gasteiger partial charge in [0.2, 0.25) is 0 Å². The van der Waals surface area contributed by atoms with E-state index in [-0.39, 0.29) is 0 Å². The van der Waals surface area contributed by atoms with Crippen molar-refractivity contribution in [1.82, 2.24) is 0 Å². The molecule has 0 heterocycles. The Kier molecular flexibility index (Phi) is 2.15. The monoisotopic (exact) mass is 220 g/mol. The van der Waals surface area contributed by atoms with E-state index in [1.54, 1.807) is 0 Å². The highest BCUT2D eigenvalue weighted by Gasteiger charge is 1.99. The van der Waals surface area contributed by atoms with Crippen LogP contribution in [0, 0.1) is 6.92 Å². The Morgan fingerprint density at radius 2 is 1.47 bits per heavy atom. The van der Waals surface area contributed by atoms with Gasteiger partial charge in [-0.15, -0.1) is 0 Å². The third-order valence-corrected chi connectivity index (χ3v) is 3.05. The summed E-state index contributed by atoms with van der Waals surface area (Å²) in [5.41, 5.74) is 3.65. The molecule has 0 heteroatoms. The minimum atomic E-state index is 0.551. The minimum Gasteiger partial charge on any atom is -0.0622 e. The van der Waals surface area contributed by atoms with E-state index in [0.717, 1.165) is 5.56 Å².